The molecule has 6 nitrogen and oxygen atoms in total. The minimum atomic E-state index is -0.503. The van der Waals surface area contributed by atoms with Gasteiger partial charge in [-0.05, 0) is 36.0 Å². The van der Waals surface area contributed by atoms with Crippen LogP contribution in [0.5, 0.6) is 5.75 Å². The number of nitrogens with one attached hydrogen (secondary N) is 1. The number of nitrogens with zero attached hydrogens (tertiary/aromatic N) is 1. The molecule has 28 heavy (non-hydrogen) atoms. The van der Waals surface area contributed by atoms with Gasteiger partial charge < -0.3 is 10.1 Å². The van der Waals surface area contributed by atoms with Gasteiger partial charge >= 0.3 is 0 Å². The van der Waals surface area contributed by atoms with Crippen LogP contribution in [0.1, 0.15) is 5.56 Å². The highest BCUT2D eigenvalue weighted by Crippen LogP contribution is 2.33. The Morgan fingerprint density at radius 3 is 2.57 bits per heavy atom. The first kappa shape index (κ1) is 19.4. The maximum Gasteiger partial charge on any atom is 0.294 e. The number of anilines is 1. The second-order valence-corrected chi connectivity index (χ2v) is 6.81. The average Bonchev–Trinajstić information content (AvgIpc) is 2.95. The normalized spacial score (nSPS) is 15.0. The summed E-state index contributed by atoms with van der Waals surface area (Å²) in [5.74, 6) is -0.364. The van der Waals surface area contributed by atoms with Crippen molar-refractivity contribution in [3.05, 3.63) is 77.7 Å². The van der Waals surface area contributed by atoms with E-state index in [0.29, 0.717) is 23.6 Å². The molecule has 3 amide bonds. The fourth-order valence-corrected chi connectivity index (χ4v) is 3.35. The lowest BCUT2D eigenvalue weighted by Gasteiger charge is -2.12. The van der Waals surface area contributed by atoms with Crippen LogP contribution in [0.4, 0.5) is 10.5 Å². The van der Waals surface area contributed by atoms with Crippen LogP contribution in [0, 0.1) is 0 Å². The van der Waals surface area contributed by atoms with Crippen molar-refractivity contribution < 1.29 is 19.1 Å². The smallest absolute Gasteiger partial charge is 0.294 e. The third-order valence-corrected chi connectivity index (χ3v) is 4.70. The molecule has 2 aromatic rings. The fourth-order valence-electron chi connectivity index (χ4n) is 2.52. The molecule has 7 heteroatoms. The van der Waals surface area contributed by atoms with Crippen LogP contribution in [-0.4, -0.2) is 35.1 Å². The van der Waals surface area contributed by atoms with Gasteiger partial charge in [0, 0.05) is 11.3 Å². The number of carbonyl (C=O) groups excluding carboxylic acids is 3. The van der Waals surface area contributed by atoms with Crippen molar-refractivity contribution in [1.82, 2.24) is 4.90 Å². The molecule has 142 valence electrons. The number of imide groups is 1. The summed E-state index contributed by atoms with van der Waals surface area (Å²) >= 11 is 0.800. The number of thioether (sulfide) groups is 1. The van der Waals surface area contributed by atoms with E-state index < -0.39 is 17.1 Å². The fraction of sp³-hybridized carbons (Fsp3) is 0.0952. The molecule has 1 heterocycles. The van der Waals surface area contributed by atoms with E-state index in [4.69, 9.17) is 4.74 Å². The van der Waals surface area contributed by atoms with Gasteiger partial charge in [0.05, 0.1) is 4.91 Å². The molecule has 3 rings (SSSR count). The molecular formula is C21H18N2O4S. The van der Waals surface area contributed by atoms with E-state index in [0.717, 1.165) is 16.7 Å². The highest BCUT2D eigenvalue weighted by Gasteiger charge is 2.36. The first-order valence-corrected chi connectivity index (χ1v) is 9.33. The quantitative estimate of drug-likeness (QED) is 0.569. The summed E-state index contributed by atoms with van der Waals surface area (Å²) in [4.78, 5) is 38.2. The Hall–Kier alpha value is -3.32. The van der Waals surface area contributed by atoms with Gasteiger partial charge in [0.2, 0.25) is 5.91 Å². The van der Waals surface area contributed by atoms with Crippen LogP contribution in [0.15, 0.2) is 72.2 Å². The highest BCUT2D eigenvalue weighted by molar-refractivity contribution is 8.18. The first-order chi connectivity index (χ1) is 13.6. The van der Waals surface area contributed by atoms with Crippen molar-refractivity contribution in [2.24, 2.45) is 0 Å². The van der Waals surface area contributed by atoms with Crippen molar-refractivity contribution in [2.75, 3.05) is 18.5 Å². The Balaban J connectivity index is 1.72. The number of amides is 3. The molecule has 1 saturated heterocycles. The van der Waals surface area contributed by atoms with Gasteiger partial charge in [0.1, 0.15) is 18.9 Å². The lowest BCUT2D eigenvalue weighted by Crippen LogP contribution is -2.36. The van der Waals surface area contributed by atoms with Crippen molar-refractivity contribution >= 4 is 40.6 Å². The Morgan fingerprint density at radius 2 is 1.82 bits per heavy atom. The summed E-state index contributed by atoms with van der Waals surface area (Å²) in [6, 6.07) is 16.0. The molecule has 1 N–H and O–H groups in total. The third-order valence-electron chi connectivity index (χ3n) is 3.80. The largest absolute Gasteiger partial charge is 0.489 e. The maximum absolute atomic E-state index is 12.6. The molecule has 0 aromatic heterocycles. The van der Waals surface area contributed by atoms with Gasteiger partial charge in [0.15, 0.2) is 0 Å². The predicted octanol–water partition coefficient (Wildman–Crippen LogP) is 3.93. The molecule has 0 radical (unpaired) electrons. The van der Waals surface area contributed by atoms with Gasteiger partial charge in [-0.1, -0.05) is 49.1 Å². The molecule has 0 bridgehead atoms. The van der Waals surface area contributed by atoms with E-state index in [-0.39, 0.29) is 11.4 Å². The topological polar surface area (TPSA) is 75.7 Å². The highest BCUT2D eigenvalue weighted by atomic mass is 32.2. The predicted molar refractivity (Wildman–Crippen MR) is 110 cm³/mol. The van der Waals surface area contributed by atoms with Gasteiger partial charge in [-0.3, -0.25) is 19.3 Å². The number of carbonyl (C=O) groups is 3. The van der Waals surface area contributed by atoms with Crippen molar-refractivity contribution in [3.8, 4) is 5.75 Å². The summed E-state index contributed by atoms with van der Waals surface area (Å²) in [6.45, 7) is 3.59. The van der Waals surface area contributed by atoms with E-state index >= 15 is 0 Å². The molecule has 0 spiro atoms. The lowest BCUT2D eigenvalue weighted by atomic mass is 10.2. The SMILES string of the molecule is C=CCOc1ccccc1/C=C1\SC(=O)N(CC(=O)Nc2ccccc2)C1=O. The number of benzene rings is 2. The summed E-state index contributed by atoms with van der Waals surface area (Å²) < 4.78 is 5.57. The van der Waals surface area contributed by atoms with Crippen LogP contribution < -0.4 is 10.1 Å². The number of para-hydroxylation sites is 2. The lowest BCUT2D eigenvalue weighted by molar-refractivity contribution is -0.127. The van der Waals surface area contributed by atoms with E-state index in [1.54, 1.807) is 48.6 Å². The summed E-state index contributed by atoms with van der Waals surface area (Å²) in [6.07, 6.45) is 3.22. The van der Waals surface area contributed by atoms with E-state index in [9.17, 15) is 14.4 Å². The van der Waals surface area contributed by atoms with Crippen molar-refractivity contribution in [1.29, 1.82) is 0 Å². The van der Waals surface area contributed by atoms with Crippen molar-refractivity contribution in [2.45, 2.75) is 0 Å². The molecule has 0 aliphatic carbocycles. The minimum Gasteiger partial charge on any atom is -0.489 e. The van der Waals surface area contributed by atoms with Crippen LogP contribution in [-0.2, 0) is 9.59 Å². The van der Waals surface area contributed by atoms with Gasteiger partial charge in [-0.15, -0.1) is 0 Å². The van der Waals surface area contributed by atoms with Crippen LogP contribution in [0.2, 0.25) is 0 Å². The molecule has 0 unspecified atom stereocenters. The Bertz CT molecular complexity index is 940. The molecule has 1 aliphatic rings. The number of ether oxygens (including phenoxy) is 1. The van der Waals surface area contributed by atoms with Crippen LogP contribution in [0.3, 0.4) is 0 Å². The van der Waals surface area contributed by atoms with E-state index in [1.807, 2.05) is 18.2 Å². The number of rotatable bonds is 7. The third kappa shape index (κ3) is 4.69. The van der Waals surface area contributed by atoms with Gasteiger partial charge in [-0.25, -0.2) is 0 Å². The summed E-state index contributed by atoms with van der Waals surface area (Å²) in [7, 11) is 0. The first-order valence-electron chi connectivity index (χ1n) is 8.51. The zero-order chi connectivity index (χ0) is 19.9. The Kier molecular flexibility index (Phi) is 6.29. The van der Waals surface area contributed by atoms with Crippen LogP contribution in [0.25, 0.3) is 6.08 Å². The molecule has 0 saturated carbocycles. The second-order valence-electron chi connectivity index (χ2n) is 5.82. The summed E-state index contributed by atoms with van der Waals surface area (Å²) in [5, 5.41) is 2.18. The number of hydrogen-bond donors (Lipinski definition) is 1. The minimum absolute atomic E-state index is 0.243. The molecule has 1 fully saturated rings. The van der Waals surface area contributed by atoms with E-state index in [1.165, 1.54) is 0 Å². The maximum atomic E-state index is 12.6. The summed E-state index contributed by atoms with van der Waals surface area (Å²) in [5.41, 5.74) is 1.27. The molecule has 1 aliphatic heterocycles. The zero-order valence-electron chi connectivity index (χ0n) is 15.0. The molecule has 2 aromatic carbocycles. The average molecular weight is 394 g/mol. The molecule has 0 atom stereocenters. The van der Waals surface area contributed by atoms with Crippen molar-refractivity contribution in [3.63, 3.8) is 0 Å². The van der Waals surface area contributed by atoms with Gasteiger partial charge in [-0.2, -0.15) is 0 Å². The zero-order valence-corrected chi connectivity index (χ0v) is 15.8. The standard InChI is InChI=1S/C21H18N2O4S/c1-2-12-27-17-11-7-6-8-15(17)13-18-20(25)23(21(26)28-18)14-19(24)22-16-9-4-3-5-10-16/h2-11,13H,1,12,14H2,(H,22,24)/b18-13-. The molecular weight excluding hydrogens is 376 g/mol. The second kappa shape index (κ2) is 9.05. The van der Waals surface area contributed by atoms with Crippen LogP contribution >= 0.6 is 11.8 Å². The monoisotopic (exact) mass is 394 g/mol. The number of hydrogen-bond acceptors (Lipinski definition) is 5. The van der Waals surface area contributed by atoms with Gasteiger partial charge in [0.25, 0.3) is 11.1 Å². The van der Waals surface area contributed by atoms with E-state index in [2.05, 4.69) is 11.9 Å². The Morgan fingerprint density at radius 1 is 1.11 bits per heavy atom. The Labute approximate surface area is 166 Å².